The van der Waals surface area contributed by atoms with Gasteiger partial charge < -0.3 is 11.1 Å². The van der Waals surface area contributed by atoms with Gasteiger partial charge in [0.05, 0.1) is 11.6 Å². The molecule has 0 spiro atoms. The number of hydrogen-bond acceptors (Lipinski definition) is 3. The first kappa shape index (κ1) is 18.9. The molecule has 0 saturated carbocycles. The Morgan fingerprint density at radius 3 is 2.45 bits per heavy atom. The molecule has 1 heterocycles. The summed E-state index contributed by atoms with van der Waals surface area (Å²) in [6.07, 6.45) is 0. The van der Waals surface area contributed by atoms with E-state index in [2.05, 4.69) is 59.6 Å². The lowest BCUT2D eigenvalue weighted by molar-refractivity contribution is 0.763. The molecule has 0 bridgehead atoms. The van der Waals surface area contributed by atoms with Gasteiger partial charge in [0, 0.05) is 22.7 Å². The predicted molar refractivity (Wildman–Crippen MR) is 107 cm³/mol. The van der Waals surface area contributed by atoms with E-state index in [0.717, 1.165) is 16.4 Å². The Morgan fingerprint density at radius 2 is 1.91 bits per heavy atom. The molecule has 1 aromatic heterocycles. The topological polar surface area (TPSA) is 63.3 Å². The number of aromatic nitrogens is 1. The van der Waals surface area contributed by atoms with E-state index in [0.29, 0.717) is 12.5 Å². The number of rotatable bonds is 4. The van der Waals surface area contributed by atoms with Crippen molar-refractivity contribution in [2.75, 3.05) is 11.9 Å². The number of guanidine groups is 1. The Bertz CT molecular complexity index is 631. The standard InChI is InChI=1S/C16H22N4S.HI/c1-10-5-11(2)7-14(6-10)20-16(17)18-8-12(3)15-19-13(4)9-21-15;/h5-7,9,12H,8H2,1-4H3,(H3,17,18,20);1H. The summed E-state index contributed by atoms with van der Waals surface area (Å²) in [7, 11) is 0. The lowest BCUT2D eigenvalue weighted by Gasteiger charge is -2.09. The van der Waals surface area contributed by atoms with Crippen LogP contribution in [0.5, 0.6) is 0 Å². The van der Waals surface area contributed by atoms with Crippen LogP contribution in [0.1, 0.15) is 34.7 Å². The monoisotopic (exact) mass is 430 g/mol. The summed E-state index contributed by atoms with van der Waals surface area (Å²) in [5, 5.41) is 6.32. The first-order chi connectivity index (χ1) is 9.94. The van der Waals surface area contributed by atoms with Crippen molar-refractivity contribution in [3.8, 4) is 0 Å². The highest BCUT2D eigenvalue weighted by Gasteiger charge is 2.09. The molecule has 1 unspecified atom stereocenters. The van der Waals surface area contributed by atoms with Crippen LogP contribution in [0, 0.1) is 20.8 Å². The van der Waals surface area contributed by atoms with Crippen molar-refractivity contribution in [1.82, 2.24) is 4.98 Å². The first-order valence-corrected chi connectivity index (χ1v) is 7.89. The van der Waals surface area contributed by atoms with Gasteiger partial charge in [-0.2, -0.15) is 0 Å². The van der Waals surface area contributed by atoms with Gasteiger partial charge in [-0.3, -0.25) is 4.99 Å². The van der Waals surface area contributed by atoms with Crippen LogP contribution in [0.2, 0.25) is 0 Å². The highest BCUT2D eigenvalue weighted by atomic mass is 127. The maximum Gasteiger partial charge on any atom is 0.193 e. The Morgan fingerprint density at radius 1 is 1.27 bits per heavy atom. The SMILES string of the molecule is Cc1cc(C)cc(NC(N)=NCC(C)c2nc(C)cs2)c1.I. The maximum atomic E-state index is 5.96. The fraction of sp³-hybridized carbons (Fsp3) is 0.375. The number of aryl methyl sites for hydroxylation is 3. The van der Waals surface area contributed by atoms with Gasteiger partial charge in [-0.1, -0.05) is 13.0 Å². The number of nitrogens with two attached hydrogens (primary N) is 1. The average Bonchev–Trinajstić information content (AvgIpc) is 2.81. The predicted octanol–water partition coefficient (Wildman–Crippen LogP) is 4.22. The molecular weight excluding hydrogens is 407 g/mol. The van der Waals surface area contributed by atoms with E-state index in [1.54, 1.807) is 11.3 Å². The molecule has 0 aliphatic carbocycles. The van der Waals surface area contributed by atoms with Crippen LogP contribution in [0.25, 0.3) is 0 Å². The van der Waals surface area contributed by atoms with Crippen LogP contribution >= 0.6 is 35.3 Å². The van der Waals surface area contributed by atoms with Crippen molar-refractivity contribution in [2.24, 2.45) is 10.7 Å². The van der Waals surface area contributed by atoms with E-state index in [1.165, 1.54) is 11.1 Å². The number of thiazole rings is 1. The smallest absolute Gasteiger partial charge is 0.193 e. The zero-order valence-corrected chi connectivity index (χ0v) is 16.5. The molecule has 0 amide bonds. The number of aliphatic imine (C=N–C) groups is 1. The molecule has 2 rings (SSSR count). The minimum atomic E-state index is 0. The number of nitrogens with zero attached hydrogens (tertiary/aromatic N) is 2. The van der Waals surface area contributed by atoms with Crippen LogP contribution < -0.4 is 11.1 Å². The van der Waals surface area contributed by atoms with Crippen LogP contribution in [-0.2, 0) is 0 Å². The summed E-state index contributed by atoms with van der Waals surface area (Å²) >= 11 is 1.68. The van der Waals surface area contributed by atoms with E-state index in [4.69, 9.17) is 5.73 Å². The van der Waals surface area contributed by atoms with Crippen molar-refractivity contribution in [3.63, 3.8) is 0 Å². The molecule has 0 aliphatic rings. The summed E-state index contributed by atoms with van der Waals surface area (Å²) in [5.74, 6) is 0.725. The number of nitrogens with one attached hydrogen (secondary N) is 1. The van der Waals surface area contributed by atoms with Gasteiger partial charge in [0.25, 0.3) is 0 Å². The van der Waals surface area contributed by atoms with Crippen LogP contribution in [0.15, 0.2) is 28.6 Å². The second-order valence-corrected chi connectivity index (χ2v) is 6.35. The molecule has 22 heavy (non-hydrogen) atoms. The minimum absolute atomic E-state index is 0. The third-order valence-corrected chi connectivity index (χ3v) is 4.28. The normalized spacial score (nSPS) is 12.6. The van der Waals surface area contributed by atoms with Gasteiger partial charge >= 0.3 is 0 Å². The van der Waals surface area contributed by atoms with Crippen molar-refractivity contribution in [2.45, 2.75) is 33.6 Å². The molecule has 6 heteroatoms. The van der Waals surface area contributed by atoms with Crippen LogP contribution in [-0.4, -0.2) is 17.5 Å². The molecule has 3 N–H and O–H groups in total. The third kappa shape index (κ3) is 5.57. The highest BCUT2D eigenvalue weighted by Crippen LogP contribution is 2.20. The molecule has 0 radical (unpaired) electrons. The number of benzene rings is 1. The summed E-state index contributed by atoms with van der Waals surface area (Å²) < 4.78 is 0. The molecular formula is C16H23IN4S. The van der Waals surface area contributed by atoms with Crippen molar-refractivity contribution < 1.29 is 0 Å². The molecule has 1 aromatic carbocycles. The van der Waals surface area contributed by atoms with Gasteiger partial charge in [-0.15, -0.1) is 35.3 Å². The van der Waals surface area contributed by atoms with E-state index in [-0.39, 0.29) is 29.9 Å². The van der Waals surface area contributed by atoms with E-state index in [1.807, 2.05) is 6.92 Å². The Balaban J connectivity index is 0.00000242. The molecule has 0 saturated heterocycles. The summed E-state index contributed by atoms with van der Waals surface area (Å²) in [6, 6.07) is 6.25. The van der Waals surface area contributed by atoms with E-state index >= 15 is 0 Å². The second-order valence-electron chi connectivity index (χ2n) is 5.46. The summed E-state index contributed by atoms with van der Waals surface area (Å²) in [4.78, 5) is 8.90. The zero-order chi connectivity index (χ0) is 15.4. The molecule has 120 valence electrons. The molecule has 0 aliphatic heterocycles. The minimum Gasteiger partial charge on any atom is -0.370 e. The van der Waals surface area contributed by atoms with Crippen LogP contribution in [0.3, 0.4) is 0 Å². The van der Waals surface area contributed by atoms with Crippen LogP contribution in [0.4, 0.5) is 5.69 Å². The Labute approximate surface area is 153 Å². The first-order valence-electron chi connectivity index (χ1n) is 7.01. The molecule has 0 fully saturated rings. The summed E-state index contributed by atoms with van der Waals surface area (Å²) in [6.45, 7) is 8.89. The van der Waals surface area contributed by atoms with Gasteiger partial charge in [0.15, 0.2) is 5.96 Å². The Hall–Kier alpha value is -1.15. The average molecular weight is 430 g/mol. The number of hydrogen-bond donors (Lipinski definition) is 2. The van der Waals surface area contributed by atoms with Gasteiger partial charge in [0.2, 0.25) is 0 Å². The molecule has 4 nitrogen and oxygen atoms in total. The zero-order valence-electron chi connectivity index (χ0n) is 13.4. The quantitative estimate of drug-likeness (QED) is 0.434. The lowest BCUT2D eigenvalue weighted by atomic mass is 10.1. The summed E-state index contributed by atoms with van der Waals surface area (Å²) in [5.41, 5.74) is 10.4. The molecule has 1 atom stereocenters. The molecule has 2 aromatic rings. The second kappa shape index (κ2) is 8.47. The van der Waals surface area contributed by atoms with Gasteiger partial charge in [0.1, 0.15) is 0 Å². The van der Waals surface area contributed by atoms with Crippen molar-refractivity contribution in [3.05, 3.63) is 45.4 Å². The fourth-order valence-electron chi connectivity index (χ4n) is 2.15. The van der Waals surface area contributed by atoms with Gasteiger partial charge in [-0.25, -0.2) is 4.98 Å². The van der Waals surface area contributed by atoms with Crippen molar-refractivity contribution in [1.29, 1.82) is 0 Å². The highest BCUT2D eigenvalue weighted by molar-refractivity contribution is 14.0. The van der Waals surface area contributed by atoms with E-state index < -0.39 is 0 Å². The third-order valence-electron chi connectivity index (χ3n) is 3.09. The Kier molecular flexibility index (Phi) is 7.28. The van der Waals surface area contributed by atoms with E-state index in [9.17, 15) is 0 Å². The van der Waals surface area contributed by atoms with Gasteiger partial charge in [-0.05, 0) is 44.0 Å². The maximum absolute atomic E-state index is 5.96. The van der Waals surface area contributed by atoms with Crippen molar-refractivity contribution >= 4 is 47.0 Å². The lowest BCUT2D eigenvalue weighted by Crippen LogP contribution is -2.23. The number of anilines is 1. The largest absolute Gasteiger partial charge is 0.370 e. The number of halogens is 1. The fourth-order valence-corrected chi connectivity index (χ4v) is 2.99.